The molecule has 5 nitrogen and oxygen atoms in total. The van der Waals surface area contributed by atoms with E-state index in [4.69, 9.17) is 34.8 Å². The van der Waals surface area contributed by atoms with Crippen LogP contribution in [0.3, 0.4) is 0 Å². The van der Waals surface area contributed by atoms with Crippen molar-refractivity contribution < 1.29 is 0 Å². The third-order valence-corrected chi connectivity index (χ3v) is 5.87. The molecule has 1 saturated heterocycles. The van der Waals surface area contributed by atoms with Crippen LogP contribution < -0.4 is 5.32 Å². The van der Waals surface area contributed by atoms with Gasteiger partial charge in [-0.25, -0.2) is 4.98 Å². The van der Waals surface area contributed by atoms with E-state index in [0.29, 0.717) is 17.7 Å². The van der Waals surface area contributed by atoms with Gasteiger partial charge in [-0.1, -0.05) is 46.9 Å². The van der Waals surface area contributed by atoms with Crippen molar-refractivity contribution in [1.82, 2.24) is 19.9 Å². The summed E-state index contributed by atoms with van der Waals surface area (Å²) in [6, 6.07) is 7.96. The fourth-order valence-corrected chi connectivity index (χ4v) is 3.61. The molecule has 1 aliphatic rings. The molecule has 2 heterocycles. The van der Waals surface area contributed by atoms with Crippen molar-refractivity contribution in [3.05, 3.63) is 30.1 Å². The lowest BCUT2D eigenvalue weighted by atomic mass is 9.97. The van der Waals surface area contributed by atoms with E-state index in [1.807, 2.05) is 30.5 Å². The zero-order chi connectivity index (χ0) is 19.4. The second kappa shape index (κ2) is 9.14. The normalized spacial score (nSPS) is 16.5. The van der Waals surface area contributed by atoms with E-state index in [1.54, 1.807) is 11.8 Å². The molecule has 0 radical (unpaired) electrons. The zero-order valence-corrected chi connectivity index (χ0v) is 18.3. The van der Waals surface area contributed by atoms with Crippen LogP contribution in [-0.2, 0) is 3.79 Å². The molecule has 27 heavy (non-hydrogen) atoms. The van der Waals surface area contributed by atoms with E-state index in [1.165, 1.54) is 0 Å². The highest BCUT2D eigenvalue weighted by Crippen LogP contribution is 2.37. The number of anilines is 1. The highest BCUT2D eigenvalue weighted by atomic mass is 35.6. The third-order valence-electron chi connectivity index (χ3n) is 4.62. The Morgan fingerprint density at radius 1 is 1.11 bits per heavy atom. The SMILES string of the molecule is CSc1ccc(-c2nc(NCC3CCN(C)CC3)nc(C(Cl)(Cl)Cl)n2)cc1. The number of benzene rings is 1. The molecular weight excluding hydrogens is 425 g/mol. The summed E-state index contributed by atoms with van der Waals surface area (Å²) in [6.45, 7) is 3.01. The number of thioether (sulfide) groups is 1. The molecule has 2 aromatic rings. The van der Waals surface area contributed by atoms with Gasteiger partial charge in [0.1, 0.15) is 0 Å². The van der Waals surface area contributed by atoms with Gasteiger partial charge in [0.2, 0.25) is 9.74 Å². The van der Waals surface area contributed by atoms with Crippen molar-refractivity contribution in [3.63, 3.8) is 0 Å². The van der Waals surface area contributed by atoms with Crippen molar-refractivity contribution in [2.45, 2.75) is 21.5 Å². The maximum absolute atomic E-state index is 6.04. The van der Waals surface area contributed by atoms with Gasteiger partial charge >= 0.3 is 0 Å². The van der Waals surface area contributed by atoms with Gasteiger partial charge < -0.3 is 10.2 Å². The molecule has 0 saturated carbocycles. The van der Waals surface area contributed by atoms with Gasteiger partial charge in [0.25, 0.3) is 0 Å². The molecule has 1 fully saturated rings. The number of likely N-dealkylation sites (tertiary alicyclic amines) is 1. The largest absolute Gasteiger partial charge is 0.354 e. The standard InChI is InChI=1S/C18H22Cl3N5S/c1-26-9-7-12(8-10-26)11-22-17-24-15(23-16(25-17)18(19,20)21)13-3-5-14(27-2)6-4-13/h3-6,12H,7-11H2,1-2H3,(H,22,23,24,25). The number of aromatic nitrogens is 3. The molecule has 0 unspecified atom stereocenters. The van der Waals surface area contributed by atoms with Gasteiger partial charge in [0.05, 0.1) is 0 Å². The summed E-state index contributed by atoms with van der Waals surface area (Å²) in [6.07, 6.45) is 4.33. The molecular formula is C18H22Cl3N5S. The van der Waals surface area contributed by atoms with Crippen molar-refractivity contribution in [1.29, 1.82) is 0 Å². The van der Waals surface area contributed by atoms with Gasteiger partial charge in [-0.15, -0.1) is 11.8 Å². The maximum atomic E-state index is 6.04. The van der Waals surface area contributed by atoms with Crippen LogP contribution in [0.4, 0.5) is 5.95 Å². The predicted octanol–water partition coefficient (Wildman–Crippen LogP) is 4.84. The lowest BCUT2D eigenvalue weighted by Crippen LogP contribution is -2.33. The Labute approximate surface area is 179 Å². The Bertz CT molecular complexity index is 759. The molecule has 1 aliphatic heterocycles. The van der Waals surface area contributed by atoms with Crippen LogP contribution in [0.5, 0.6) is 0 Å². The Morgan fingerprint density at radius 3 is 2.37 bits per heavy atom. The summed E-state index contributed by atoms with van der Waals surface area (Å²) in [5, 5.41) is 3.31. The molecule has 0 spiro atoms. The van der Waals surface area contributed by atoms with Crippen LogP contribution in [0.1, 0.15) is 18.7 Å². The first-order valence-corrected chi connectivity index (χ1v) is 11.1. The smallest absolute Gasteiger partial charge is 0.250 e. The Kier molecular flexibility index (Phi) is 7.08. The number of nitrogens with one attached hydrogen (secondary N) is 1. The van der Waals surface area contributed by atoms with Gasteiger partial charge in [0, 0.05) is 17.0 Å². The Hall–Kier alpha value is -0.790. The summed E-state index contributed by atoms with van der Waals surface area (Å²) >= 11 is 19.8. The number of alkyl halides is 3. The van der Waals surface area contributed by atoms with Crippen LogP contribution in [0.15, 0.2) is 29.2 Å². The predicted molar refractivity (Wildman–Crippen MR) is 115 cm³/mol. The molecule has 1 N–H and O–H groups in total. The topological polar surface area (TPSA) is 53.9 Å². The fraction of sp³-hybridized carbons (Fsp3) is 0.500. The minimum Gasteiger partial charge on any atom is -0.354 e. The quantitative estimate of drug-likeness (QED) is 0.524. The van der Waals surface area contributed by atoms with E-state index < -0.39 is 3.79 Å². The number of nitrogens with zero attached hydrogens (tertiary/aromatic N) is 4. The number of hydrogen-bond donors (Lipinski definition) is 1. The summed E-state index contributed by atoms with van der Waals surface area (Å²) in [7, 11) is 2.15. The van der Waals surface area contributed by atoms with Gasteiger partial charge in [-0.05, 0) is 57.3 Å². The van der Waals surface area contributed by atoms with E-state index in [9.17, 15) is 0 Å². The molecule has 0 aliphatic carbocycles. The zero-order valence-electron chi connectivity index (χ0n) is 15.3. The molecule has 0 atom stereocenters. The van der Waals surface area contributed by atoms with Crippen molar-refractivity contribution in [3.8, 4) is 11.4 Å². The number of hydrogen-bond acceptors (Lipinski definition) is 6. The number of halogens is 3. The van der Waals surface area contributed by atoms with Gasteiger partial charge in [0.15, 0.2) is 11.6 Å². The molecule has 1 aromatic heterocycles. The van der Waals surface area contributed by atoms with E-state index >= 15 is 0 Å². The average Bonchev–Trinajstić information content (AvgIpc) is 2.67. The molecule has 0 bridgehead atoms. The minimum atomic E-state index is -1.71. The van der Waals surface area contributed by atoms with E-state index in [-0.39, 0.29) is 5.82 Å². The van der Waals surface area contributed by atoms with Crippen LogP contribution in [0, 0.1) is 5.92 Å². The lowest BCUT2D eigenvalue weighted by molar-refractivity contribution is 0.226. The maximum Gasteiger partial charge on any atom is 0.250 e. The van der Waals surface area contributed by atoms with Gasteiger partial charge in [-0.3, -0.25) is 0 Å². The second-order valence-electron chi connectivity index (χ2n) is 6.66. The Balaban J connectivity index is 1.82. The monoisotopic (exact) mass is 445 g/mol. The Morgan fingerprint density at radius 2 is 1.78 bits per heavy atom. The molecule has 0 amide bonds. The average molecular weight is 447 g/mol. The van der Waals surface area contributed by atoms with E-state index in [0.717, 1.165) is 42.9 Å². The highest BCUT2D eigenvalue weighted by Gasteiger charge is 2.28. The molecule has 3 rings (SSSR count). The second-order valence-corrected chi connectivity index (χ2v) is 9.82. The van der Waals surface area contributed by atoms with Crippen molar-refractivity contribution in [2.24, 2.45) is 5.92 Å². The van der Waals surface area contributed by atoms with E-state index in [2.05, 4.69) is 32.2 Å². The molecule has 1 aromatic carbocycles. The van der Waals surface area contributed by atoms with Crippen molar-refractivity contribution >= 4 is 52.5 Å². The van der Waals surface area contributed by atoms with Crippen LogP contribution >= 0.6 is 46.6 Å². The van der Waals surface area contributed by atoms with Crippen LogP contribution in [-0.4, -0.2) is 52.8 Å². The first kappa shape index (κ1) is 20.9. The molecule has 9 heteroatoms. The van der Waals surface area contributed by atoms with Crippen molar-refractivity contribution in [2.75, 3.05) is 38.3 Å². The summed E-state index contributed by atoms with van der Waals surface area (Å²) in [4.78, 5) is 16.7. The summed E-state index contributed by atoms with van der Waals surface area (Å²) in [5.41, 5.74) is 0.855. The van der Waals surface area contributed by atoms with Crippen LogP contribution in [0.2, 0.25) is 0 Å². The minimum absolute atomic E-state index is 0.123. The summed E-state index contributed by atoms with van der Waals surface area (Å²) in [5.74, 6) is 1.63. The fourth-order valence-electron chi connectivity index (χ4n) is 2.95. The van der Waals surface area contributed by atoms with Crippen LogP contribution in [0.25, 0.3) is 11.4 Å². The lowest BCUT2D eigenvalue weighted by Gasteiger charge is -2.29. The molecule has 146 valence electrons. The highest BCUT2D eigenvalue weighted by molar-refractivity contribution is 7.98. The first-order valence-electron chi connectivity index (χ1n) is 8.75. The first-order chi connectivity index (χ1) is 12.8. The number of piperidine rings is 1. The summed E-state index contributed by atoms with van der Waals surface area (Å²) < 4.78 is -1.71. The third kappa shape index (κ3) is 5.84. The van der Waals surface area contributed by atoms with Gasteiger partial charge in [-0.2, -0.15) is 9.97 Å². The number of rotatable bonds is 5.